The molecule has 4 rings (SSSR count). The van der Waals surface area contributed by atoms with E-state index < -0.39 is 0 Å². The van der Waals surface area contributed by atoms with Crippen LogP contribution in [0.3, 0.4) is 0 Å². The second-order valence-corrected chi connectivity index (χ2v) is 6.35. The number of nitrogens with one attached hydrogen (secondary N) is 1. The number of allylic oxidation sites excluding steroid dienone is 2. The molecule has 1 aliphatic heterocycles. The second kappa shape index (κ2) is 6.98. The summed E-state index contributed by atoms with van der Waals surface area (Å²) in [5, 5.41) is 11.7. The first-order valence-electron chi connectivity index (χ1n) is 8.13. The largest absolute Gasteiger partial charge is 0.321 e. The molecule has 0 aliphatic carbocycles. The van der Waals surface area contributed by atoms with Gasteiger partial charge in [-0.1, -0.05) is 59.3 Å². The van der Waals surface area contributed by atoms with Gasteiger partial charge in [-0.2, -0.15) is 0 Å². The van der Waals surface area contributed by atoms with Crippen LogP contribution in [0.25, 0.3) is 11.6 Å². The van der Waals surface area contributed by atoms with Crippen molar-refractivity contribution in [3.05, 3.63) is 88.7 Å². The maximum atomic E-state index is 12.1. The lowest BCUT2D eigenvalue weighted by molar-refractivity contribution is -0.110. The van der Waals surface area contributed by atoms with Crippen LogP contribution >= 0.6 is 11.6 Å². The first-order chi connectivity index (χ1) is 12.7. The lowest BCUT2D eigenvalue weighted by Crippen LogP contribution is -2.03. The zero-order valence-electron chi connectivity index (χ0n) is 13.8. The van der Waals surface area contributed by atoms with Crippen molar-refractivity contribution in [2.75, 3.05) is 5.32 Å². The minimum absolute atomic E-state index is 0.139. The fraction of sp³-hybridized carbons (Fsp3) is 0.0500. The van der Waals surface area contributed by atoms with E-state index in [-0.39, 0.29) is 5.91 Å². The van der Waals surface area contributed by atoms with Crippen molar-refractivity contribution in [1.29, 1.82) is 0 Å². The van der Waals surface area contributed by atoms with E-state index in [2.05, 4.69) is 15.6 Å². The topological polar surface area (TPSA) is 59.8 Å². The van der Waals surface area contributed by atoms with Gasteiger partial charge in [-0.3, -0.25) is 4.79 Å². The number of hydrogen-bond donors (Lipinski definition) is 1. The summed E-state index contributed by atoms with van der Waals surface area (Å²) in [4.78, 5) is 12.1. The van der Waals surface area contributed by atoms with Crippen LogP contribution in [0, 0.1) is 0 Å². The molecule has 5 nitrogen and oxygen atoms in total. The van der Waals surface area contributed by atoms with Crippen molar-refractivity contribution in [3.63, 3.8) is 0 Å². The van der Waals surface area contributed by atoms with Gasteiger partial charge in [0.25, 0.3) is 5.91 Å². The van der Waals surface area contributed by atoms with Gasteiger partial charge < -0.3 is 5.32 Å². The Kier molecular flexibility index (Phi) is 4.37. The van der Waals surface area contributed by atoms with Gasteiger partial charge in [-0.05, 0) is 29.8 Å². The predicted octanol–water partition coefficient (Wildman–Crippen LogP) is 4.03. The second-order valence-electron chi connectivity index (χ2n) is 5.91. The normalized spacial score (nSPS) is 14.8. The van der Waals surface area contributed by atoms with E-state index >= 15 is 0 Å². The van der Waals surface area contributed by atoms with Gasteiger partial charge in [-0.15, -0.1) is 5.10 Å². The van der Waals surface area contributed by atoms with Gasteiger partial charge in [0.05, 0.1) is 18.4 Å². The summed E-state index contributed by atoms with van der Waals surface area (Å²) in [5.41, 5.74) is 4.07. The summed E-state index contributed by atoms with van der Waals surface area (Å²) >= 11 is 5.96. The molecule has 0 radical (unpaired) electrons. The van der Waals surface area contributed by atoms with Crippen LogP contribution in [0.1, 0.15) is 16.8 Å². The van der Waals surface area contributed by atoms with Crippen molar-refractivity contribution in [2.24, 2.45) is 0 Å². The highest BCUT2D eigenvalue weighted by molar-refractivity contribution is 6.34. The highest BCUT2D eigenvalue weighted by Gasteiger charge is 2.23. The quantitative estimate of drug-likeness (QED) is 0.713. The SMILES string of the molecule is O=C1Nc2cc(Cl)ccc2/C1=C\C=C\c1cn(Cc2ccccc2)nn1. The maximum Gasteiger partial charge on any atom is 0.256 e. The molecule has 1 N–H and O–H groups in total. The molecule has 0 bridgehead atoms. The van der Waals surface area contributed by atoms with E-state index in [4.69, 9.17) is 11.6 Å². The van der Waals surface area contributed by atoms with Gasteiger partial charge in [-0.25, -0.2) is 4.68 Å². The molecule has 0 unspecified atom stereocenters. The van der Waals surface area contributed by atoms with E-state index in [9.17, 15) is 4.79 Å². The van der Waals surface area contributed by atoms with Crippen LogP contribution in [0.5, 0.6) is 0 Å². The van der Waals surface area contributed by atoms with Crippen LogP contribution in [0.4, 0.5) is 5.69 Å². The molecule has 2 aromatic carbocycles. The first-order valence-corrected chi connectivity index (χ1v) is 8.50. The molecule has 0 atom stereocenters. The molecule has 1 amide bonds. The summed E-state index contributed by atoms with van der Waals surface area (Å²) in [6.07, 6.45) is 7.26. The number of amides is 1. The molecule has 6 heteroatoms. The summed E-state index contributed by atoms with van der Waals surface area (Å²) in [7, 11) is 0. The van der Waals surface area contributed by atoms with Crippen LogP contribution in [0.2, 0.25) is 5.02 Å². The number of carbonyl (C=O) groups excluding carboxylic acids is 1. The number of rotatable bonds is 4. The number of nitrogens with zero attached hydrogens (tertiary/aromatic N) is 3. The number of hydrogen-bond acceptors (Lipinski definition) is 3. The number of fused-ring (bicyclic) bond motifs is 1. The summed E-state index contributed by atoms with van der Waals surface area (Å²) in [6.45, 7) is 0.666. The van der Waals surface area contributed by atoms with Crippen molar-refractivity contribution >= 4 is 34.8 Å². The Morgan fingerprint density at radius 3 is 2.85 bits per heavy atom. The molecule has 1 aliphatic rings. The third kappa shape index (κ3) is 3.43. The number of carbonyl (C=O) groups is 1. The van der Waals surface area contributed by atoms with Gasteiger partial charge in [0.15, 0.2) is 0 Å². The van der Waals surface area contributed by atoms with Crippen LogP contribution in [-0.4, -0.2) is 20.9 Å². The number of benzene rings is 2. The molecule has 0 fully saturated rings. The van der Waals surface area contributed by atoms with Crippen molar-refractivity contribution in [1.82, 2.24) is 15.0 Å². The summed E-state index contributed by atoms with van der Waals surface area (Å²) < 4.78 is 1.78. The highest BCUT2D eigenvalue weighted by Crippen LogP contribution is 2.33. The van der Waals surface area contributed by atoms with Gasteiger partial charge >= 0.3 is 0 Å². The fourth-order valence-electron chi connectivity index (χ4n) is 2.81. The minimum atomic E-state index is -0.139. The van der Waals surface area contributed by atoms with Gasteiger partial charge in [0.1, 0.15) is 5.69 Å². The summed E-state index contributed by atoms with van der Waals surface area (Å²) in [6, 6.07) is 15.4. The minimum Gasteiger partial charge on any atom is -0.321 e. The zero-order chi connectivity index (χ0) is 17.9. The van der Waals surface area contributed by atoms with E-state index in [0.29, 0.717) is 17.1 Å². The summed E-state index contributed by atoms with van der Waals surface area (Å²) in [5.74, 6) is -0.139. The Bertz CT molecular complexity index is 1020. The van der Waals surface area contributed by atoms with E-state index in [1.807, 2.05) is 48.7 Å². The first kappa shape index (κ1) is 16.3. The van der Waals surface area contributed by atoms with Crippen LogP contribution < -0.4 is 5.32 Å². The van der Waals surface area contributed by atoms with Crippen molar-refractivity contribution in [2.45, 2.75) is 6.54 Å². The lowest BCUT2D eigenvalue weighted by Gasteiger charge is -1.98. The number of halogens is 1. The monoisotopic (exact) mass is 362 g/mol. The lowest BCUT2D eigenvalue weighted by atomic mass is 10.1. The molecule has 0 spiro atoms. The smallest absolute Gasteiger partial charge is 0.256 e. The molecule has 26 heavy (non-hydrogen) atoms. The van der Waals surface area contributed by atoms with Crippen molar-refractivity contribution in [3.8, 4) is 0 Å². The van der Waals surface area contributed by atoms with Crippen LogP contribution in [0.15, 0.2) is 66.9 Å². The average Bonchev–Trinajstić information content (AvgIpc) is 3.20. The van der Waals surface area contributed by atoms with E-state index in [0.717, 1.165) is 22.5 Å². The Balaban J connectivity index is 1.49. The Morgan fingerprint density at radius 2 is 2.00 bits per heavy atom. The average molecular weight is 363 g/mol. The number of anilines is 1. The molecule has 0 saturated heterocycles. The molecule has 128 valence electrons. The third-order valence-electron chi connectivity index (χ3n) is 4.04. The van der Waals surface area contributed by atoms with Crippen LogP contribution in [-0.2, 0) is 11.3 Å². The third-order valence-corrected chi connectivity index (χ3v) is 4.27. The highest BCUT2D eigenvalue weighted by atomic mass is 35.5. The molecule has 1 aromatic heterocycles. The standard InChI is InChI=1S/C20H15ClN4O/c21-15-9-10-17-18(20(26)22-19(17)11-15)8-4-7-16-13-25(24-23-16)12-14-5-2-1-3-6-14/h1-11,13H,12H2,(H,22,26)/b7-4+,18-8+. The molecule has 2 heterocycles. The fourth-order valence-corrected chi connectivity index (χ4v) is 2.98. The molecule has 3 aromatic rings. The Hall–Kier alpha value is -3.18. The molecular weight excluding hydrogens is 348 g/mol. The predicted molar refractivity (Wildman–Crippen MR) is 103 cm³/mol. The Labute approximate surface area is 155 Å². The van der Waals surface area contributed by atoms with Crippen molar-refractivity contribution < 1.29 is 4.79 Å². The zero-order valence-corrected chi connectivity index (χ0v) is 14.5. The number of aromatic nitrogens is 3. The molecular formula is C20H15ClN4O. The maximum absolute atomic E-state index is 12.1. The van der Waals surface area contributed by atoms with Gasteiger partial charge in [0, 0.05) is 16.2 Å². The Morgan fingerprint density at radius 1 is 1.15 bits per heavy atom. The molecule has 0 saturated carbocycles. The van der Waals surface area contributed by atoms with E-state index in [1.165, 1.54) is 0 Å². The van der Waals surface area contributed by atoms with Gasteiger partial charge in [0.2, 0.25) is 0 Å². The van der Waals surface area contributed by atoms with E-state index in [1.54, 1.807) is 29.0 Å².